The molecule has 1 fully saturated rings. The zero-order valence-corrected chi connectivity index (χ0v) is 16.9. The first-order chi connectivity index (χ1) is 12.0. The lowest BCUT2D eigenvalue weighted by Crippen LogP contribution is -2.50. The molecule has 2 amide bonds. The van der Waals surface area contributed by atoms with Gasteiger partial charge in [0.05, 0.1) is 4.88 Å². The predicted octanol–water partition coefficient (Wildman–Crippen LogP) is 3.04. The number of piperazine rings is 1. The summed E-state index contributed by atoms with van der Waals surface area (Å²) in [6, 6.07) is 8.16. The first kappa shape index (κ1) is 20.7. The lowest BCUT2D eigenvalue weighted by Gasteiger charge is -2.34. The summed E-state index contributed by atoms with van der Waals surface area (Å²) in [5.74, 6) is 0.226. The minimum absolute atomic E-state index is 0. The van der Waals surface area contributed by atoms with E-state index in [1.54, 1.807) is 11.3 Å². The topological polar surface area (TPSA) is 66.6 Å². The van der Waals surface area contributed by atoms with Crippen LogP contribution in [0.25, 0.3) is 10.1 Å². The van der Waals surface area contributed by atoms with Crippen LogP contribution in [0.4, 0.5) is 0 Å². The number of amides is 2. The van der Waals surface area contributed by atoms with E-state index in [4.69, 9.17) is 5.73 Å². The van der Waals surface area contributed by atoms with Gasteiger partial charge in [0.2, 0.25) is 5.91 Å². The van der Waals surface area contributed by atoms with E-state index in [-0.39, 0.29) is 30.3 Å². The molecule has 2 N–H and O–H groups in total. The second-order valence-corrected chi connectivity index (χ2v) is 7.79. The molecule has 7 heteroatoms. The molecule has 2 heterocycles. The number of aryl methyl sites for hydroxylation is 1. The zero-order chi connectivity index (χ0) is 18.0. The molecule has 0 saturated carbocycles. The monoisotopic (exact) mass is 395 g/mol. The Labute approximate surface area is 164 Å². The van der Waals surface area contributed by atoms with Gasteiger partial charge in [0, 0.05) is 43.3 Å². The van der Waals surface area contributed by atoms with Gasteiger partial charge in [-0.2, -0.15) is 0 Å². The normalized spacial score (nSPS) is 15.7. The van der Waals surface area contributed by atoms with E-state index in [1.807, 2.05) is 35.8 Å². The van der Waals surface area contributed by atoms with Crippen LogP contribution < -0.4 is 5.73 Å². The molecule has 0 bridgehead atoms. The molecule has 1 aliphatic heterocycles. The standard InChI is InChI=1S/C19H25N3O2S.ClH/c1-13(20)7-8-17(23)21-9-11-22(12-10-21)19(24)18-14(2)15-5-3-4-6-16(15)25-18;/h3-6,13H,7-12,20H2,1-2H3;1H. The number of hydrogen-bond acceptors (Lipinski definition) is 4. The number of rotatable bonds is 4. The molecule has 142 valence electrons. The highest BCUT2D eigenvalue weighted by Crippen LogP contribution is 2.31. The van der Waals surface area contributed by atoms with Gasteiger partial charge in [-0.3, -0.25) is 9.59 Å². The Morgan fingerprint density at radius 2 is 1.77 bits per heavy atom. The van der Waals surface area contributed by atoms with Crippen molar-refractivity contribution < 1.29 is 9.59 Å². The van der Waals surface area contributed by atoms with E-state index in [2.05, 4.69) is 12.1 Å². The van der Waals surface area contributed by atoms with E-state index in [0.717, 1.165) is 20.5 Å². The fourth-order valence-corrected chi connectivity index (χ4v) is 4.37. The summed E-state index contributed by atoms with van der Waals surface area (Å²) in [7, 11) is 0. The van der Waals surface area contributed by atoms with Crippen molar-refractivity contribution in [2.24, 2.45) is 5.73 Å². The zero-order valence-electron chi connectivity index (χ0n) is 15.2. The number of benzene rings is 1. The fraction of sp³-hybridized carbons (Fsp3) is 0.474. The summed E-state index contributed by atoms with van der Waals surface area (Å²) < 4.78 is 1.15. The van der Waals surface area contributed by atoms with Crippen LogP contribution in [-0.2, 0) is 4.79 Å². The van der Waals surface area contributed by atoms with Crippen LogP contribution >= 0.6 is 23.7 Å². The number of carbonyl (C=O) groups excluding carboxylic acids is 2. The lowest BCUT2D eigenvalue weighted by atomic mass is 10.1. The Hall–Kier alpha value is -1.63. The number of thiophene rings is 1. The van der Waals surface area contributed by atoms with Crippen molar-refractivity contribution in [2.45, 2.75) is 32.7 Å². The van der Waals surface area contributed by atoms with Crippen molar-refractivity contribution in [1.29, 1.82) is 0 Å². The van der Waals surface area contributed by atoms with Gasteiger partial charge in [-0.1, -0.05) is 18.2 Å². The van der Waals surface area contributed by atoms with Gasteiger partial charge in [0.1, 0.15) is 0 Å². The summed E-state index contributed by atoms with van der Waals surface area (Å²) in [6.45, 7) is 6.32. The van der Waals surface area contributed by atoms with Gasteiger partial charge in [-0.15, -0.1) is 23.7 Å². The highest BCUT2D eigenvalue weighted by Gasteiger charge is 2.27. The Morgan fingerprint density at radius 1 is 1.15 bits per heavy atom. The van der Waals surface area contributed by atoms with Crippen molar-refractivity contribution in [3.63, 3.8) is 0 Å². The largest absolute Gasteiger partial charge is 0.339 e. The molecule has 1 atom stereocenters. The third-order valence-electron chi connectivity index (χ3n) is 4.77. The van der Waals surface area contributed by atoms with Gasteiger partial charge in [0.25, 0.3) is 5.91 Å². The third kappa shape index (κ3) is 4.37. The van der Waals surface area contributed by atoms with Gasteiger partial charge in [0.15, 0.2) is 0 Å². The number of carbonyl (C=O) groups is 2. The highest BCUT2D eigenvalue weighted by atomic mass is 35.5. The van der Waals surface area contributed by atoms with Crippen molar-refractivity contribution in [3.05, 3.63) is 34.7 Å². The SMILES string of the molecule is Cc1c(C(=O)N2CCN(C(=O)CCC(C)N)CC2)sc2ccccc12.Cl. The molecule has 3 rings (SSSR count). The highest BCUT2D eigenvalue weighted by molar-refractivity contribution is 7.21. The molecule has 0 aliphatic carbocycles. The second-order valence-electron chi connectivity index (χ2n) is 6.74. The first-order valence-corrected chi connectivity index (χ1v) is 9.59. The Morgan fingerprint density at radius 3 is 2.38 bits per heavy atom. The molecule has 26 heavy (non-hydrogen) atoms. The summed E-state index contributed by atoms with van der Waals surface area (Å²) in [5, 5.41) is 1.15. The van der Waals surface area contributed by atoms with Gasteiger partial charge in [-0.05, 0) is 37.3 Å². The molecular formula is C19H26ClN3O2S. The lowest BCUT2D eigenvalue weighted by molar-refractivity contribution is -0.132. The summed E-state index contributed by atoms with van der Waals surface area (Å²) in [5.41, 5.74) is 6.78. The summed E-state index contributed by atoms with van der Waals surface area (Å²) in [6.07, 6.45) is 1.19. The van der Waals surface area contributed by atoms with Crippen molar-refractivity contribution in [3.8, 4) is 0 Å². The smallest absolute Gasteiger partial charge is 0.264 e. The maximum absolute atomic E-state index is 12.9. The molecule has 5 nitrogen and oxygen atoms in total. The molecule has 0 spiro atoms. The average molecular weight is 396 g/mol. The van der Waals surface area contributed by atoms with E-state index < -0.39 is 0 Å². The Bertz CT molecular complexity index is 782. The minimum atomic E-state index is 0. The van der Waals surface area contributed by atoms with Gasteiger partial charge in [-0.25, -0.2) is 0 Å². The molecule has 1 unspecified atom stereocenters. The summed E-state index contributed by atoms with van der Waals surface area (Å²) >= 11 is 1.56. The van der Waals surface area contributed by atoms with Gasteiger partial charge >= 0.3 is 0 Å². The van der Waals surface area contributed by atoms with Crippen LogP contribution in [0.5, 0.6) is 0 Å². The number of halogens is 1. The quantitative estimate of drug-likeness (QED) is 0.865. The van der Waals surface area contributed by atoms with Crippen molar-refractivity contribution >= 4 is 45.6 Å². The Kier molecular flexibility index (Phi) is 7.03. The number of fused-ring (bicyclic) bond motifs is 1. The number of nitrogens with two attached hydrogens (primary N) is 1. The molecule has 1 aromatic heterocycles. The van der Waals surface area contributed by atoms with Crippen molar-refractivity contribution in [2.75, 3.05) is 26.2 Å². The third-order valence-corrected chi connectivity index (χ3v) is 6.03. The number of nitrogens with zero attached hydrogens (tertiary/aromatic N) is 2. The second kappa shape index (κ2) is 8.84. The van der Waals surface area contributed by atoms with Crippen LogP contribution in [0.1, 0.15) is 35.0 Å². The van der Waals surface area contributed by atoms with Crippen LogP contribution in [0.15, 0.2) is 24.3 Å². The molecular weight excluding hydrogens is 370 g/mol. The average Bonchev–Trinajstić information content (AvgIpc) is 2.96. The fourth-order valence-electron chi connectivity index (χ4n) is 3.19. The van der Waals surface area contributed by atoms with Gasteiger partial charge < -0.3 is 15.5 Å². The van der Waals surface area contributed by atoms with Crippen LogP contribution in [-0.4, -0.2) is 53.8 Å². The first-order valence-electron chi connectivity index (χ1n) is 8.78. The van der Waals surface area contributed by atoms with Crippen LogP contribution in [0.3, 0.4) is 0 Å². The maximum atomic E-state index is 12.9. The van der Waals surface area contributed by atoms with E-state index >= 15 is 0 Å². The molecule has 1 saturated heterocycles. The Balaban J connectivity index is 0.00000243. The maximum Gasteiger partial charge on any atom is 0.264 e. The van der Waals surface area contributed by atoms with Crippen LogP contribution in [0, 0.1) is 6.92 Å². The van der Waals surface area contributed by atoms with E-state index in [1.165, 1.54) is 0 Å². The molecule has 1 aromatic carbocycles. The minimum Gasteiger partial charge on any atom is -0.339 e. The molecule has 2 aromatic rings. The van der Waals surface area contributed by atoms with Crippen molar-refractivity contribution in [1.82, 2.24) is 9.80 Å². The molecule has 0 radical (unpaired) electrons. The van der Waals surface area contributed by atoms with E-state index in [0.29, 0.717) is 39.0 Å². The molecule has 1 aliphatic rings. The predicted molar refractivity (Wildman–Crippen MR) is 109 cm³/mol. The van der Waals surface area contributed by atoms with E-state index in [9.17, 15) is 9.59 Å². The summed E-state index contributed by atoms with van der Waals surface area (Å²) in [4.78, 5) is 29.6. The van der Waals surface area contributed by atoms with Crippen LogP contribution in [0.2, 0.25) is 0 Å². The number of hydrogen-bond donors (Lipinski definition) is 1.